The van der Waals surface area contributed by atoms with Crippen molar-refractivity contribution in [1.82, 2.24) is 5.32 Å². The van der Waals surface area contributed by atoms with Crippen molar-refractivity contribution in [1.29, 1.82) is 0 Å². The van der Waals surface area contributed by atoms with Crippen LogP contribution in [0.2, 0.25) is 0 Å². The maximum absolute atomic E-state index is 13.3. The molecule has 0 aliphatic rings. The molecule has 1 aromatic carbocycles. The molecular weight excluding hydrogens is 281 g/mol. The van der Waals surface area contributed by atoms with Gasteiger partial charge in [-0.05, 0) is 13.0 Å². The second-order valence-corrected chi connectivity index (χ2v) is 5.76. The van der Waals surface area contributed by atoms with Gasteiger partial charge < -0.3 is 5.32 Å². The van der Waals surface area contributed by atoms with E-state index in [2.05, 4.69) is 5.32 Å². The molecule has 1 aromatic rings. The Bertz CT molecular complexity index is 535. The molecule has 0 radical (unpaired) electrons. The summed E-state index contributed by atoms with van der Waals surface area (Å²) in [5.74, 6) is -4.14. The number of rotatable bonds is 7. The molecule has 2 N–H and O–H groups in total. The molecule has 4 nitrogen and oxygen atoms in total. The van der Waals surface area contributed by atoms with E-state index in [1.54, 1.807) is 0 Å². The van der Waals surface area contributed by atoms with E-state index in [-0.39, 0.29) is 12.3 Å². The van der Waals surface area contributed by atoms with Crippen molar-refractivity contribution in [3.05, 3.63) is 29.6 Å². The Balaban J connectivity index is 2.70. The second-order valence-electron chi connectivity index (χ2n) is 3.92. The number of halogens is 3. The third-order valence-corrected chi connectivity index (χ3v) is 3.52. The van der Waals surface area contributed by atoms with Crippen molar-refractivity contribution < 1.29 is 21.6 Å². The standard InChI is InChI=1S/C11H15F3N2O2S/c1-2-3-15-4-5-19(17,18)16-11-7-9(13)8(12)6-10(11)14/h6-7,15-16H,2-5H2,1H3. The van der Waals surface area contributed by atoms with E-state index in [4.69, 9.17) is 0 Å². The number of anilines is 1. The fourth-order valence-electron chi connectivity index (χ4n) is 1.33. The molecule has 0 aliphatic heterocycles. The van der Waals surface area contributed by atoms with Crippen molar-refractivity contribution in [2.45, 2.75) is 13.3 Å². The molecule has 0 spiro atoms. The summed E-state index contributed by atoms with van der Waals surface area (Å²) in [6.07, 6.45) is 0.852. The van der Waals surface area contributed by atoms with Gasteiger partial charge in [-0.1, -0.05) is 6.92 Å². The van der Waals surface area contributed by atoms with Gasteiger partial charge in [0.2, 0.25) is 10.0 Å². The van der Waals surface area contributed by atoms with Crippen molar-refractivity contribution >= 4 is 15.7 Å². The summed E-state index contributed by atoms with van der Waals surface area (Å²) in [6, 6.07) is 0.768. The molecular formula is C11H15F3N2O2S. The molecule has 0 saturated carbocycles. The minimum Gasteiger partial charge on any atom is -0.316 e. The van der Waals surface area contributed by atoms with E-state index in [1.807, 2.05) is 11.6 Å². The van der Waals surface area contributed by atoms with E-state index in [0.29, 0.717) is 18.7 Å². The highest BCUT2D eigenvalue weighted by Crippen LogP contribution is 2.19. The zero-order valence-electron chi connectivity index (χ0n) is 10.3. The molecule has 0 aliphatic carbocycles. The van der Waals surface area contributed by atoms with Crippen LogP contribution in [0.15, 0.2) is 12.1 Å². The van der Waals surface area contributed by atoms with Crippen LogP contribution in [0.5, 0.6) is 0 Å². The molecule has 19 heavy (non-hydrogen) atoms. The van der Waals surface area contributed by atoms with E-state index in [9.17, 15) is 21.6 Å². The van der Waals surface area contributed by atoms with Crippen LogP contribution in [0, 0.1) is 17.5 Å². The molecule has 0 aromatic heterocycles. The van der Waals surface area contributed by atoms with Gasteiger partial charge in [-0.3, -0.25) is 4.72 Å². The van der Waals surface area contributed by atoms with Crippen molar-refractivity contribution in [2.75, 3.05) is 23.6 Å². The Labute approximate surface area is 110 Å². The lowest BCUT2D eigenvalue weighted by Gasteiger charge is -2.09. The Morgan fingerprint density at radius 1 is 1.05 bits per heavy atom. The molecule has 0 unspecified atom stereocenters. The van der Waals surface area contributed by atoms with Crippen molar-refractivity contribution in [3.8, 4) is 0 Å². The van der Waals surface area contributed by atoms with Gasteiger partial charge in [0.1, 0.15) is 5.82 Å². The van der Waals surface area contributed by atoms with Crippen LogP contribution in [-0.4, -0.2) is 27.3 Å². The topological polar surface area (TPSA) is 58.2 Å². The summed E-state index contributed by atoms with van der Waals surface area (Å²) in [6.45, 7) is 2.78. The first-order valence-electron chi connectivity index (χ1n) is 5.71. The molecule has 0 heterocycles. The van der Waals surface area contributed by atoms with Gasteiger partial charge in [-0.25, -0.2) is 21.6 Å². The highest BCUT2D eigenvalue weighted by atomic mass is 32.2. The molecule has 8 heteroatoms. The summed E-state index contributed by atoms with van der Waals surface area (Å²) in [7, 11) is -3.81. The smallest absolute Gasteiger partial charge is 0.234 e. The average Bonchev–Trinajstić information content (AvgIpc) is 2.31. The Kier molecular flexibility index (Phi) is 5.61. The maximum atomic E-state index is 13.3. The van der Waals surface area contributed by atoms with Crippen LogP contribution in [0.25, 0.3) is 0 Å². The first-order chi connectivity index (χ1) is 8.85. The van der Waals surface area contributed by atoms with Gasteiger partial charge in [0.05, 0.1) is 11.4 Å². The molecule has 0 fully saturated rings. The minimum atomic E-state index is -3.81. The van der Waals surface area contributed by atoms with Crippen LogP contribution in [-0.2, 0) is 10.0 Å². The highest BCUT2D eigenvalue weighted by Gasteiger charge is 2.15. The average molecular weight is 296 g/mol. The number of sulfonamides is 1. The summed E-state index contributed by atoms with van der Waals surface area (Å²) < 4.78 is 63.9. The van der Waals surface area contributed by atoms with E-state index >= 15 is 0 Å². The number of hydrogen-bond donors (Lipinski definition) is 2. The zero-order valence-corrected chi connectivity index (χ0v) is 11.2. The predicted molar refractivity (Wildman–Crippen MR) is 66.9 cm³/mol. The van der Waals surface area contributed by atoms with Gasteiger partial charge in [0, 0.05) is 18.7 Å². The van der Waals surface area contributed by atoms with Crippen LogP contribution >= 0.6 is 0 Å². The van der Waals surface area contributed by atoms with Gasteiger partial charge in [0.15, 0.2) is 11.6 Å². The second kappa shape index (κ2) is 6.76. The molecule has 0 bridgehead atoms. The fraction of sp³-hybridized carbons (Fsp3) is 0.455. The summed E-state index contributed by atoms with van der Waals surface area (Å²) in [4.78, 5) is 0. The lowest BCUT2D eigenvalue weighted by molar-refractivity contribution is 0.496. The van der Waals surface area contributed by atoms with Crippen LogP contribution in [0.4, 0.5) is 18.9 Å². The molecule has 1 rings (SSSR count). The third kappa shape index (κ3) is 5.07. The SMILES string of the molecule is CCCNCCS(=O)(=O)Nc1cc(F)c(F)cc1F. The minimum absolute atomic E-state index is 0.189. The van der Waals surface area contributed by atoms with E-state index in [0.717, 1.165) is 6.42 Å². The van der Waals surface area contributed by atoms with Crippen LogP contribution in [0.3, 0.4) is 0 Å². The lowest BCUT2D eigenvalue weighted by Crippen LogP contribution is -2.27. The normalized spacial score (nSPS) is 11.6. The quantitative estimate of drug-likeness (QED) is 0.596. The molecule has 0 atom stereocenters. The van der Waals surface area contributed by atoms with Gasteiger partial charge in [0.25, 0.3) is 0 Å². The van der Waals surface area contributed by atoms with Gasteiger partial charge in [-0.15, -0.1) is 0 Å². The molecule has 0 saturated heterocycles. The zero-order chi connectivity index (χ0) is 14.5. The third-order valence-electron chi connectivity index (χ3n) is 2.25. The monoisotopic (exact) mass is 296 g/mol. The number of hydrogen-bond acceptors (Lipinski definition) is 3. The predicted octanol–water partition coefficient (Wildman–Crippen LogP) is 1.85. The van der Waals surface area contributed by atoms with Crippen LogP contribution in [0.1, 0.15) is 13.3 Å². The fourth-order valence-corrected chi connectivity index (χ4v) is 2.33. The molecule has 108 valence electrons. The first kappa shape index (κ1) is 15.8. The summed E-state index contributed by atoms with van der Waals surface area (Å²) in [5.41, 5.74) is -0.602. The van der Waals surface area contributed by atoms with Gasteiger partial charge >= 0.3 is 0 Å². The summed E-state index contributed by atoms with van der Waals surface area (Å²) >= 11 is 0. The van der Waals surface area contributed by atoms with E-state index < -0.39 is 33.2 Å². The Hall–Kier alpha value is -1.28. The van der Waals surface area contributed by atoms with Crippen molar-refractivity contribution in [2.24, 2.45) is 0 Å². The van der Waals surface area contributed by atoms with Crippen LogP contribution < -0.4 is 10.0 Å². The Morgan fingerprint density at radius 2 is 1.68 bits per heavy atom. The Morgan fingerprint density at radius 3 is 2.32 bits per heavy atom. The highest BCUT2D eigenvalue weighted by molar-refractivity contribution is 7.92. The molecule has 0 amide bonds. The lowest BCUT2D eigenvalue weighted by atomic mass is 10.3. The first-order valence-corrected chi connectivity index (χ1v) is 7.36. The largest absolute Gasteiger partial charge is 0.316 e. The van der Waals surface area contributed by atoms with Gasteiger partial charge in [-0.2, -0.15) is 0 Å². The maximum Gasteiger partial charge on any atom is 0.234 e. The number of benzene rings is 1. The van der Waals surface area contributed by atoms with Crippen molar-refractivity contribution in [3.63, 3.8) is 0 Å². The summed E-state index contributed by atoms with van der Waals surface area (Å²) in [5, 5.41) is 2.87. The number of nitrogens with one attached hydrogen (secondary N) is 2. The van der Waals surface area contributed by atoms with E-state index in [1.165, 1.54) is 0 Å².